The molecule has 0 aliphatic rings. The fourth-order valence-corrected chi connectivity index (χ4v) is 4.31. The van der Waals surface area contributed by atoms with Crippen molar-refractivity contribution in [2.24, 2.45) is 0 Å². The molecule has 0 aliphatic carbocycles. The van der Waals surface area contributed by atoms with Crippen molar-refractivity contribution in [3.63, 3.8) is 0 Å². The summed E-state index contributed by atoms with van der Waals surface area (Å²) in [5, 5.41) is 19.1. The number of aryl methyl sites for hydroxylation is 1. The topological polar surface area (TPSA) is 76.9 Å². The van der Waals surface area contributed by atoms with E-state index in [0.29, 0.717) is 23.3 Å². The first-order chi connectivity index (χ1) is 18.5. The number of benzene rings is 2. The number of hydrogen-bond acceptors (Lipinski definition) is 5. The van der Waals surface area contributed by atoms with Gasteiger partial charge in [0.05, 0.1) is 35.0 Å². The van der Waals surface area contributed by atoms with Crippen molar-refractivity contribution in [2.45, 2.75) is 38.5 Å². The average Bonchev–Trinajstić information content (AvgIpc) is 2.89. The molecule has 2 N–H and O–H groups in total. The highest BCUT2D eigenvalue weighted by molar-refractivity contribution is 6.03. The molecule has 1 aromatic heterocycles. The number of likely N-dealkylation sites (N-methyl/N-ethyl adjacent to an activating group) is 1. The molecule has 3 rings (SSSR count). The number of pyridine rings is 1. The van der Waals surface area contributed by atoms with Crippen LogP contribution < -0.4 is 9.80 Å². The van der Waals surface area contributed by atoms with Crippen molar-refractivity contribution >= 4 is 17.4 Å². The Morgan fingerprint density at radius 1 is 0.875 bits per heavy atom. The molecule has 12 heteroatoms. The van der Waals surface area contributed by atoms with Crippen LogP contribution in [0.15, 0.2) is 54.7 Å². The molecule has 0 bridgehead atoms. The Labute approximate surface area is 227 Å². The number of aliphatic hydroxyl groups is 2. The maximum Gasteiger partial charge on any atom is 0.416 e. The van der Waals surface area contributed by atoms with Crippen molar-refractivity contribution in [1.82, 2.24) is 4.98 Å². The van der Waals surface area contributed by atoms with Gasteiger partial charge in [-0.2, -0.15) is 26.3 Å². The normalized spacial score (nSPS) is 12.4. The second kappa shape index (κ2) is 11.5. The Kier molecular flexibility index (Phi) is 8.85. The van der Waals surface area contributed by atoms with Crippen molar-refractivity contribution in [2.75, 3.05) is 36.7 Å². The van der Waals surface area contributed by atoms with Crippen LogP contribution >= 0.6 is 0 Å². The number of carbonyl (C=O) groups excluding carboxylic acids is 1. The minimum atomic E-state index is -5.06. The summed E-state index contributed by atoms with van der Waals surface area (Å²) in [6.45, 7) is 3.67. The Bertz CT molecular complexity index is 1340. The predicted molar refractivity (Wildman–Crippen MR) is 139 cm³/mol. The van der Waals surface area contributed by atoms with Crippen LogP contribution in [0.3, 0.4) is 0 Å². The quantitative estimate of drug-likeness (QED) is 0.266. The first-order valence-electron chi connectivity index (χ1n) is 12.1. The van der Waals surface area contributed by atoms with Crippen LogP contribution in [0.25, 0.3) is 11.1 Å². The lowest BCUT2D eigenvalue weighted by atomic mass is 9.81. The number of anilines is 2. The maximum atomic E-state index is 13.8. The van der Waals surface area contributed by atoms with Gasteiger partial charge in [0.2, 0.25) is 5.91 Å². The van der Waals surface area contributed by atoms with Crippen molar-refractivity contribution in [3.8, 4) is 11.1 Å². The van der Waals surface area contributed by atoms with E-state index in [-0.39, 0.29) is 30.7 Å². The Morgan fingerprint density at radius 3 is 1.93 bits per heavy atom. The molecule has 1 amide bonds. The van der Waals surface area contributed by atoms with E-state index in [1.54, 1.807) is 24.3 Å². The van der Waals surface area contributed by atoms with Gasteiger partial charge in [-0.3, -0.25) is 4.79 Å². The van der Waals surface area contributed by atoms with E-state index in [2.05, 4.69) is 4.98 Å². The summed E-state index contributed by atoms with van der Waals surface area (Å²) in [6.07, 6.45) is -8.80. The monoisotopic (exact) mass is 569 g/mol. The van der Waals surface area contributed by atoms with E-state index in [1.807, 2.05) is 13.0 Å². The van der Waals surface area contributed by atoms with Crippen LogP contribution in [0.4, 0.5) is 37.8 Å². The smallest absolute Gasteiger partial charge is 0.395 e. The number of halogens is 6. The number of aromatic nitrogens is 1. The summed E-state index contributed by atoms with van der Waals surface area (Å²) in [4.78, 5) is 20.6. The fraction of sp³-hybridized carbons (Fsp3) is 0.357. The van der Waals surface area contributed by atoms with Crippen molar-refractivity contribution in [1.29, 1.82) is 0 Å². The standard InChI is InChI=1S/C28H29F6N3O3/c1-17-7-5-6-8-21(17)22-14-24(37(16-39)9-10-38)35-15-23(22)36(4)25(40)26(2,3)18-11-19(27(29,30)31)13-20(12-18)28(32,33)34/h5-8,11-15,38-39H,9-10,16H2,1-4H3. The first kappa shape index (κ1) is 30.9. The molecule has 3 aromatic rings. The van der Waals surface area contributed by atoms with Crippen LogP contribution in [0.5, 0.6) is 0 Å². The molecule has 0 fully saturated rings. The molecule has 40 heavy (non-hydrogen) atoms. The third-order valence-corrected chi connectivity index (χ3v) is 6.68. The van der Waals surface area contributed by atoms with Gasteiger partial charge in [-0.25, -0.2) is 4.98 Å². The summed E-state index contributed by atoms with van der Waals surface area (Å²) < 4.78 is 81.0. The van der Waals surface area contributed by atoms with Gasteiger partial charge in [-0.05, 0) is 61.7 Å². The van der Waals surface area contributed by atoms with E-state index in [1.165, 1.54) is 32.0 Å². The van der Waals surface area contributed by atoms with Gasteiger partial charge in [0, 0.05) is 19.2 Å². The van der Waals surface area contributed by atoms with Crippen LogP contribution in [0.1, 0.15) is 36.1 Å². The van der Waals surface area contributed by atoms with E-state index in [4.69, 9.17) is 0 Å². The number of rotatable bonds is 8. The number of nitrogens with zero attached hydrogens (tertiary/aromatic N) is 3. The fourth-order valence-electron chi connectivity index (χ4n) is 4.31. The summed E-state index contributed by atoms with van der Waals surface area (Å²) >= 11 is 0. The maximum absolute atomic E-state index is 13.8. The van der Waals surface area contributed by atoms with Crippen LogP contribution in [0.2, 0.25) is 0 Å². The van der Waals surface area contributed by atoms with Gasteiger partial charge >= 0.3 is 12.4 Å². The Balaban J connectivity index is 2.17. The third-order valence-electron chi connectivity index (χ3n) is 6.68. The lowest BCUT2D eigenvalue weighted by molar-refractivity contribution is -0.143. The highest BCUT2D eigenvalue weighted by atomic mass is 19.4. The van der Waals surface area contributed by atoms with Crippen molar-refractivity contribution in [3.05, 3.63) is 77.0 Å². The summed E-state index contributed by atoms with van der Waals surface area (Å²) in [5.74, 6) is -0.495. The highest BCUT2D eigenvalue weighted by Gasteiger charge is 2.41. The van der Waals surface area contributed by atoms with Crippen LogP contribution in [-0.4, -0.2) is 48.0 Å². The molecule has 0 spiro atoms. The molecule has 0 unspecified atom stereocenters. The summed E-state index contributed by atoms with van der Waals surface area (Å²) in [6, 6.07) is 9.88. The molecule has 0 saturated carbocycles. The largest absolute Gasteiger partial charge is 0.416 e. The van der Waals surface area contributed by atoms with Gasteiger partial charge in [-0.15, -0.1) is 0 Å². The summed E-state index contributed by atoms with van der Waals surface area (Å²) in [7, 11) is 1.36. The highest BCUT2D eigenvalue weighted by Crippen LogP contribution is 2.41. The van der Waals surface area contributed by atoms with Gasteiger partial charge in [0.15, 0.2) is 0 Å². The molecular weight excluding hydrogens is 540 g/mol. The Hall–Kier alpha value is -3.64. The molecule has 0 atom stereocenters. The minimum absolute atomic E-state index is 0.0198. The molecular formula is C28H29F6N3O3. The predicted octanol–water partition coefficient (Wildman–Crippen LogP) is 5.78. The lowest BCUT2D eigenvalue weighted by Gasteiger charge is -2.32. The zero-order chi connectivity index (χ0) is 30.0. The zero-order valence-electron chi connectivity index (χ0n) is 22.2. The first-order valence-corrected chi connectivity index (χ1v) is 12.1. The van der Waals surface area contributed by atoms with E-state index in [0.717, 1.165) is 10.5 Å². The summed E-state index contributed by atoms with van der Waals surface area (Å²) in [5.41, 5.74) is -3.09. The number of carbonyl (C=O) groups is 1. The van der Waals surface area contributed by atoms with E-state index in [9.17, 15) is 41.4 Å². The number of alkyl halides is 6. The van der Waals surface area contributed by atoms with Crippen LogP contribution in [0, 0.1) is 6.92 Å². The Morgan fingerprint density at radius 2 is 1.43 bits per heavy atom. The lowest BCUT2D eigenvalue weighted by Crippen LogP contribution is -2.42. The van der Waals surface area contributed by atoms with Gasteiger partial charge in [0.25, 0.3) is 0 Å². The number of amides is 1. The SMILES string of the molecule is Cc1ccccc1-c1cc(N(CO)CCO)ncc1N(C)C(=O)C(C)(C)c1cc(C(F)(F)F)cc(C(F)(F)F)c1. The van der Waals surface area contributed by atoms with Crippen LogP contribution in [-0.2, 0) is 22.6 Å². The second-order valence-corrected chi connectivity index (χ2v) is 9.79. The molecule has 6 nitrogen and oxygen atoms in total. The van der Waals surface area contributed by atoms with E-state index >= 15 is 0 Å². The minimum Gasteiger partial charge on any atom is -0.395 e. The second-order valence-electron chi connectivity index (χ2n) is 9.79. The molecule has 1 heterocycles. The van der Waals surface area contributed by atoms with Gasteiger partial charge in [-0.1, -0.05) is 24.3 Å². The van der Waals surface area contributed by atoms with E-state index < -0.39 is 47.1 Å². The third kappa shape index (κ3) is 6.39. The zero-order valence-corrected chi connectivity index (χ0v) is 22.2. The molecule has 0 radical (unpaired) electrons. The number of aliphatic hydroxyl groups excluding tert-OH is 2. The number of hydrogen-bond donors (Lipinski definition) is 2. The van der Waals surface area contributed by atoms with Gasteiger partial charge in [0.1, 0.15) is 12.5 Å². The molecule has 0 aliphatic heterocycles. The molecule has 0 saturated heterocycles. The van der Waals surface area contributed by atoms with Gasteiger partial charge < -0.3 is 20.0 Å². The van der Waals surface area contributed by atoms with Crippen molar-refractivity contribution < 1.29 is 41.4 Å². The average molecular weight is 570 g/mol. The molecule has 2 aromatic carbocycles. The molecule has 216 valence electrons.